The van der Waals surface area contributed by atoms with Crippen LogP contribution in [-0.2, 0) is 121 Å². The van der Waals surface area contributed by atoms with Gasteiger partial charge in [0.15, 0.2) is 22.3 Å². The van der Waals surface area contributed by atoms with Gasteiger partial charge in [-0.25, -0.2) is 28.9 Å². The molecule has 7 aromatic heterocycles. The minimum absolute atomic E-state index is 0.0148. The molecule has 7 aromatic rings. The van der Waals surface area contributed by atoms with E-state index < -0.39 is 191 Å². The largest absolute Gasteiger partial charge is 0.386 e. The third kappa shape index (κ3) is 20.1. The number of aryl methyl sites for hydroxylation is 2. The summed E-state index contributed by atoms with van der Waals surface area (Å²) >= 11 is 31.3. The number of H-pyrrole nitrogens is 4. The topological polar surface area (TPSA) is 566 Å². The van der Waals surface area contributed by atoms with Crippen LogP contribution in [0.1, 0.15) is 102 Å². The van der Waals surface area contributed by atoms with Crippen LogP contribution in [0, 0.1) is 25.7 Å². The molecule has 0 spiro atoms. The van der Waals surface area contributed by atoms with Crippen LogP contribution in [0.2, 0.25) is 0 Å². The number of ether oxygens (including phenoxy) is 5. The number of fused-ring (bicyclic) bond motifs is 2. The summed E-state index contributed by atoms with van der Waals surface area (Å²) in [5.41, 5.74) is 8.69. The highest BCUT2D eigenvalue weighted by atomic mass is 32.9. The molecule has 54 heteroatoms. The lowest BCUT2D eigenvalue weighted by atomic mass is 9.89. The number of aromatic nitrogens is 14. The Morgan fingerprint density at radius 1 is 0.523 bits per heavy atom. The second-order valence-corrected chi connectivity index (χ2v) is 42.8. The quantitative estimate of drug-likeness (QED) is 0.0219. The van der Waals surface area contributed by atoms with Gasteiger partial charge in [0.2, 0.25) is 17.6 Å². The van der Waals surface area contributed by atoms with Crippen molar-refractivity contribution in [2.45, 2.75) is 166 Å². The molecule has 43 nitrogen and oxygen atoms in total. The zero-order valence-corrected chi connectivity index (χ0v) is 67.6. The molecule has 5 saturated heterocycles. The minimum atomic E-state index is -4.73. The number of aromatic amines is 4. The maximum absolute atomic E-state index is 14.8. The van der Waals surface area contributed by atoms with E-state index in [9.17, 15) is 52.8 Å². The van der Waals surface area contributed by atoms with Crippen molar-refractivity contribution in [3.05, 3.63) is 121 Å². The first-order valence-electron chi connectivity index (χ1n) is 33.2. The molecular formula is C55H76N17O26P5S6. The van der Waals surface area contributed by atoms with E-state index >= 15 is 0 Å². The van der Waals surface area contributed by atoms with Crippen molar-refractivity contribution >= 4 is 144 Å². The Morgan fingerprint density at radius 2 is 0.917 bits per heavy atom. The lowest BCUT2D eigenvalue weighted by Gasteiger charge is -2.28. The molecule has 5 aliphatic rings. The molecule has 13 N–H and O–H groups in total. The summed E-state index contributed by atoms with van der Waals surface area (Å²) in [5.74, 6) is -0.713. The van der Waals surface area contributed by atoms with E-state index in [2.05, 4.69) is 69.4 Å². The number of thiol groups is 2. The summed E-state index contributed by atoms with van der Waals surface area (Å²) in [5, 5.41) is 0. The number of nitrogens with two attached hydrogens (primary N) is 3. The van der Waals surface area contributed by atoms with Gasteiger partial charge in [0, 0.05) is 55.4 Å². The molecule has 0 radical (unpaired) electrons. The number of rotatable bonds is 31. The van der Waals surface area contributed by atoms with Gasteiger partial charge < -0.3 is 91.8 Å². The number of hydrogen-bond acceptors (Lipinski definition) is 35. The molecular weight excluding hydrogens is 1660 g/mol. The Balaban J connectivity index is 0.758. The standard InChI is InChI=1S/C55H76N17O26P5S6/c1-23(2)27-9-38(68-8-7-37(56)61-53(68)77)89-32(27)16-84-100(81,105)95-28-10-39(69-14-25(5)47(73)66-54(69)78)90-33(28)17-86-102(83,107)97-30-12-41(71-21-59-43-45(71)62-51(57)64-49(43)75)92-34(30)18-87-101(82,106)96-29-11-40(70-15-26(6)48(74)67-55(70)79)91-36(29)20-88-103(108,109)98-31-13-42(93-35(31)19-85-99(80,104)94-24(3)4)72-22-60-44-46(72)63-52(58)65-50(44)76/h7-8,14-15,21-24,27-36,38-42H,9-13,16-20H2,1-6H3,(H,80,104)(H,81,105)(H,82,106)(H,83,107)(H,108,109)(H2,56,61,77)(H,66,73,78)(H,67,74,79)(H3,57,62,64,75)(H3,58,63,65,76)/t27-,28+,29+,30+,31+,32+,33+,34+,35+,36+,38+,39+,40+,41+,42+,99?,100?,101?,102?/m0/s1. The van der Waals surface area contributed by atoms with E-state index in [4.69, 9.17) is 133 Å². The van der Waals surface area contributed by atoms with Crippen molar-refractivity contribution in [3.8, 4) is 0 Å². The average Bonchev–Trinajstić information content (AvgIpc) is 1.63. The summed E-state index contributed by atoms with van der Waals surface area (Å²) in [4.78, 5) is 155. The molecule has 5 unspecified atom stereocenters. The van der Waals surface area contributed by atoms with Crippen LogP contribution in [0.3, 0.4) is 0 Å². The van der Waals surface area contributed by atoms with Crippen molar-refractivity contribution in [2.24, 2.45) is 11.8 Å². The van der Waals surface area contributed by atoms with Gasteiger partial charge in [0.05, 0.1) is 76.2 Å². The third-order valence-corrected chi connectivity index (χ3v) is 26.7. The summed E-state index contributed by atoms with van der Waals surface area (Å²) in [7, 11) is 0. The normalized spacial score (nSPS) is 28.8. The van der Waals surface area contributed by atoms with Crippen molar-refractivity contribution < 1.29 is 88.2 Å². The second kappa shape index (κ2) is 33.5. The van der Waals surface area contributed by atoms with Gasteiger partial charge in [-0.2, -0.15) is 15.0 Å². The monoisotopic (exact) mass is 1740 g/mol. The van der Waals surface area contributed by atoms with Gasteiger partial charge >= 0.3 is 44.0 Å². The summed E-state index contributed by atoms with van der Waals surface area (Å²) < 4.78 is 113. The third-order valence-electron chi connectivity index (χ3n) is 17.9. The Morgan fingerprint density at radius 3 is 1.37 bits per heavy atom. The van der Waals surface area contributed by atoms with E-state index in [-0.39, 0.29) is 95.3 Å². The predicted octanol–water partition coefficient (Wildman–Crippen LogP) is 2.57. The molecule has 109 heavy (non-hydrogen) atoms. The van der Waals surface area contributed by atoms with Crippen LogP contribution >= 0.6 is 57.1 Å². The molecule has 0 bridgehead atoms. The Kier molecular flexibility index (Phi) is 25.7. The van der Waals surface area contributed by atoms with Crippen LogP contribution in [0.25, 0.3) is 22.3 Å². The fourth-order valence-electron chi connectivity index (χ4n) is 12.8. The Labute approximate surface area is 645 Å². The zero-order valence-electron chi connectivity index (χ0n) is 58.0. The molecule has 0 aliphatic carbocycles. The smallest absolute Gasteiger partial charge is 0.383 e. The Hall–Kier alpha value is -4.85. The fourth-order valence-corrected chi connectivity index (χ4v) is 20.9. The van der Waals surface area contributed by atoms with Gasteiger partial charge in [-0.15, -0.1) is 0 Å². The number of nitrogens with zero attached hydrogens (tertiary/aromatic N) is 10. The number of hydrogen-bond donors (Lipinski definition) is 12. The molecule has 12 heterocycles. The summed E-state index contributed by atoms with van der Waals surface area (Å²) in [6.45, 7) is -10.2. The first kappa shape index (κ1) is 83.6. The van der Waals surface area contributed by atoms with Gasteiger partial charge in [-0.1, -0.05) is 38.3 Å². The van der Waals surface area contributed by atoms with Crippen LogP contribution in [0.5, 0.6) is 0 Å². The molecule has 5 aliphatic heterocycles. The van der Waals surface area contributed by atoms with Crippen molar-refractivity contribution in [3.63, 3.8) is 0 Å². The average molecular weight is 1740 g/mol. The maximum atomic E-state index is 14.8. The van der Waals surface area contributed by atoms with Gasteiger partial charge in [-0.05, 0) is 99.2 Å². The van der Waals surface area contributed by atoms with Crippen molar-refractivity contribution in [1.82, 2.24) is 67.7 Å². The molecule has 12 rings (SSSR count). The molecule has 20 atom stereocenters. The van der Waals surface area contributed by atoms with Crippen LogP contribution in [-0.4, -0.2) is 176 Å². The van der Waals surface area contributed by atoms with Gasteiger partial charge in [0.25, 0.3) is 22.2 Å². The predicted molar refractivity (Wildman–Crippen MR) is 406 cm³/mol. The van der Waals surface area contributed by atoms with Crippen LogP contribution in [0.4, 0.5) is 17.7 Å². The number of anilines is 3. The first-order chi connectivity index (χ1) is 51.2. The second-order valence-electron chi connectivity index (χ2n) is 26.3. The lowest BCUT2D eigenvalue weighted by molar-refractivity contribution is -0.0535. The summed E-state index contributed by atoms with van der Waals surface area (Å²) in [6, 6.07) is 1.45. The summed E-state index contributed by atoms with van der Waals surface area (Å²) in [6.07, 6.45) is -11.0. The highest BCUT2D eigenvalue weighted by Gasteiger charge is 2.49. The SMILES string of the molecule is Cc1cn([C@H]2C[C@@H](OP(O)(=S)OC[C@H]3O[C@@H](n4ccc(N)nc4=O)C[C@H]3C(C)C)[C@@H](COP(=O)(S)O[C@@H]3C[C@H](n4cnc5c(=O)[nH]c(N)nc54)O[C@@H]3COP(O)(=S)O[C@@H]3C[C@H](n4cc(C)c(=O)[nH]c4=O)O[C@@H]3COP(=S)(S)O[C@@H]3C[C@H](n4cnc5c(=O)[nH]c(N)nc54)O[C@@H]3COP(O)(=S)OC(C)C)O2)c(=O)[nH]c1=O. The van der Waals surface area contributed by atoms with Gasteiger partial charge in [0.1, 0.15) is 67.5 Å². The molecule has 598 valence electrons. The van der Waals surface area contributed by atoms with Crippen LogP contribution in [0.15, 0.2) is 70.9 Å². The van der Waals surface area contributed by atoms with Crippen LogP contribution < -0.4 is 56.5 Å². The number of nitrogens with one attached hydrogen (secondary N) is 4. The maximum Gasteiger partial charge on any atom is 0.386 e. The Bertz CT molecular complexity index is 5280. The van der Waals surface area contributed by atoms with Gasteiger partial charge in [-0.3, -0.25) is 71.0 Å². The van der Waals surface area contributed by atoms with Crippen molar-refractivity contribution in [2.75, 3.05) is 50.2 Å². The van der Waals surface area contributed by atoms with E-state index in [1.54, 1.807) is 13.8 Å². The molecule has 0 amide bonds. The van der Waals surface area contributed by atoms with Crippen molar-refractivity contribution in [1.29, 1.82) is 0 Å². The van der Waals surface area contributed by atoms with E-state index in [1.165, 1.54) is 64.9 Å². The van der Waals surface area contributed by atoms with E-state index in [0.717, 1.165) is 9.13 Å². The number of imidazole rings is 2. The lowest BCUT2D eigenvalue weighted by Crippen LogP contribution is -2.33. The molecule has 0 aromatic carbocycles. The molecule has 5 fully saturated rings. The highest BCUT2D eigenvalue weighted by Crippen LogP contribution is 2.60. The first-order valence-corrected chi connectivity index (χ1v) is 47.4. The van der Waals surface area contributed by atoms with E-state index in [0.29, 0.717) is 6.42 Å². The zero-order chi connectivity index (χ0) is 78.7. The highest BCUT2D eigenvalue weighted by molar-refractivity contribution is 8.60. The molecule has 0 saturated carbocycles. The number of nitrogen functional groups attached to an aromatic ring is 3. The minimum Gasteiger partial charge on any atom is -0.383 e. The van der Waals surface area contributed by atoms with E-state index in [1.807, 2.05) is 13.8 Å². The fraction of sp³-hybridized carbons (Fsp3) is 0.600.